The summed E-state index contributed by atoms with van der Waals surface area (Å²) < 4.78 is 93.9. The van der Waals surface area contributed by atoms with Crippen molar-refractivity contribution in [3.8, 4) is 11.4 Å². The number of halogens is 6. The molecule has 0 saturated carbocycles. The Labute approximate surface area is 203 Å². The number of nitrogens with zero attached hydrogens (tertiary/aromatic N) is 4. The molecule has 0 spiro atoms. The first-order chi connectivity index (χ1) is 16.9. The van der Waals surface area contributed by atoms with Gasteiger partial charge in [0.15, 0.2) is 0 Å². The number of aromatic nitrogens is 3. The van der Waals surface area contributed by atoms with Gasteiger partial charge < -0.3 is 9.42 Å². The molecule has 0 N–H and O–H groups in total. The molecule has 1 atom stereocenters. The van der Waals surface area contributed by atoms with Crippen LogP contribution in [0.2, 0.25) is 0 Å². The molecule has 1 aliphatic rings. The van der Waals surface area contributed by atoms with Crippen LogP contribution in [0.1, 0.15) is 28.6 Å². The van der Waals surface area contributed by atoms with E-state index in [4.69, 9.17) is 0 Å². The Hall–Kier alpha value is -3.29. The summed E-state index contributed by atoms with van der Waals surface area (Å²) in [6.07, 6.45) is -8.29. The molecule has 1 aliphatic heterocycles. The van der Waals surface area contributed by atoms with Gasteiger partial charge in [-0.3, -0.25) is 14.0 Å². The summed E-state index contributed by atoms with van der Waals surface area (Å²) in [7, 11) is -1.06. The minimum Gasteiger partial charge on any atom is -0.340 e. The average molecular weight is 532 g/mol. The average Bonchev–Trinajstić information content (AvgIpc) is 3.34. The maximum Gasteiger partial charge on any atom is 0.471 e. The van der Waals surface area contributed by atoms with Crippen molar-refractivity contribution < 1.29 is 39.9 Å². The van der Waals surface area contributed by atoms with Crippen molar-refractivity contribution in [2.75, 3.05) is 24.6 Å². The van der Waals surface area contributed by atoms with Crippen molar-refractivity contribution in [3.05, 3.63) is 65.3 Å². The molecule has 1 amide bonds. The van der Waals surface area contributed by atoms with Gasteiger partial charge in [0.25, 0.3) is 0 Å². The van der Waals surface area contributed by atoms with E-state index in [9.17, 15) is 35.3 Å². The Bertz CT molecular complexity index is 1250. The van der Waals surface area contributed by atoms with Gasteiger partial charge in [0.1, 0.15) is 0 Å². The Morgan fingerprint density at radius 2 is 1.78 bits per heavy atom. The first-order valence-electron chi connectivity index (χ1n) is 10.6. The van der Waals surface area contributed by atoms with Crippen LogP contribution in [0, 0.1) is 0 Å². The number of hydrogen-bond acceptors (Lipinski definition) is 6. The second kappa shape index (κ2) is 9.99. The molecule has 1 fully saturated rings. The van der Waals surface area contributed by atoms with Crippen LogP contribution in [0.3, 0.4) is 0 Å². The van der Waals surface area contributed by atoms with E-state index in [-0.39, 0.29) is 48.0 Å². The summed E-state index contributed by atoms with van der Waals surface area (Å²) in [6.45, 7) is 0.430. The van der Waals surface area contributed by atoms with E-state index < -0.39 is 46.4 Å². The highest BCUT2D eigenvalue weighted by Crippen LogP contribution is 2.33. The number of amides is 1. The highest BCUT2D eigenvalue weighted by molar-refractivity contribution is 7.85. The zero-order valence-electron chi connectivity index (χ0n) is 18.3. The van der Waals surface area contributed by atoms with Crippen molar-refractivity contribution >= 4 is 16.7 Å². The predicted molar refractivity (Wildman–Crippen MR) is 115 cm³/mol. The summed E-state index contributed by atoms with van der Waals surface area (Å²) >= 11 is 0. The molecule has 1 aromatic carbocycles. The van der Waals surface area contributed by atoms with Crippen LogP contribution < -0.4 is 0 Å². The van der Waals surface area contributed by atoms with Gasteiger partial charge >= 0.3 is 18.2 Å². The number of rotatable bonds is 5. The molecule has 14 heteroatoms. The molecule has 3 aromatic rings. The van der Waals surface area contributed by atoms with E-state index in [0.717, 1.165) is 12.1 Å². The molecule has 7 nitrogen and oxygen atoms in total. The molecule has 0 radical (unpaired) electrons. The van der Waals surface area contributed by atoms with E-state index in [2.05, 4.69) is 19.6 Å². The highest BCUT2D eigenvalue weighted by atomic mass is 32.2. The smallest absolute Gasteiger partial charge is 0.340 e. The van der Waals surface area contributed by atoms with Gasteiger partial charge in [-0.2, -0.15) is 31.3 Å². The second-order valence-corrected chi connectivity index (χ2v) is 9.71. The lowest BCUT2D eigenvalue weighted by atomic mass is 9.91. The quantitative estimate of drug-likeness (QED) is 0.460. The number of benzene rings is 1. The largest absolute Gasteiger partial charge is 0.471 e. The minimum absolute atomic E-state index is 0.0694. The third-order valence-corrected chi connectivity index (χ3v) is 6.84. The minimum atomic E-state index is -4.81. The molecular formula is C22H18F6N4O3S. The van der Waals surface area contributed by atoms with Gasteiger partial charge in [-0.1, -0.05) is 23.4 Å². The van der Waals surface area contributed by atoms with E-state index >= 15 is 0 Å². The van der Waals surface area contributed by atoms with Crippen molar-refractivity contribution in [1.29, 1.82) is 0 Å². The summed E-state index contributed by atoms with van der Waals surface area (Å²) in [5, 5.41) is 3.28. The van der Waals surface area contributed by atoms with Crippen LogP contribution in [0.15, 0.2) is 47.1 Å². The van der Waals surface area contributed by atoms with Gasteiger partial charge in [0, 0.05) is 59.3 Å². The van der Waals surface area contributed by atoms with Crippen molar-refractivity contribution in [2.45, 2.75) is 24.7 Å². The summed E-state index contributed by atoms with van der Waals surface area (Å²) in [6, 6.07) is 7.27. The fourth-order valence-corrected chi connectivity index (χ4v) is 4.75. The molecule has 0 aliphatic carbocycles. The van der Waals surface area contributed by atoms with E-state index in [1.165, 1.54) is 35.4 Å². The first kappa shape index (κ1) is 25.8. The fraction of sp³-hybridized carbons (Fsp3) is 0.364. The third-order valence-electron chi connectivity index (χ3n) is 5.57. The lowest BCUT2D eigenvalue weighted by Crippen LogP contribution is -2.44. The van der Waals surface area contributed by atoms with Crippen molar-refractivity contribution in [1.82, 2.24) is 20.0 Å². The van der Waals surface area contributed by atoms with Crippen LogP contribution in [0.4, 0.5) is 26.3 Å². The Morgan fingerprint density at radius 3 is 2.36 bits per heavy atom. The van der Waals surface area contributed by atoms with E-state index in [1.54, 1.807) is 0 Å². The monoisotopic (exact) mass is 532 g/mol. The van der Waals surface area contributed by atoms with Gasteiger partial charge in [-0.15, -0.1) is 0 Å². The van der Waals surface area contributed by atoms with Gasteiger partial charge in [-0.25, -0.2) is 0 Å². The lowest BCUT2D eigenvalue weighted by Gasteiger charge is -2.30. The topological polar surface area (TPSA) is 89.2 Å². The zero-order valence-corrected chi connectivity index (χ0v) is 19.2. The second-order valence-electron chi connectivity index (χ2n) is 8.01. The fourth-order valence-electron chi connectivity index (χ4n) is 3.70. The van der Waals surface area contributed by atoms with Crippen LogP contribution in [0.25, 0.3) is 11.4 Å². The molecule has 1 saturated heterocycles. The van der Waals surface area contributed by atoms with E-state index in [1.807, 2.05) is 0 Å². The SMILES string of the molecule is O=C(C(Cc1ccc(-c2noc(C(F)(F)F)n2)cn1)c1cccc(C(F)(F)F)c1)N1CCS(=O)CC1. The lowest BCUT2D eigenvalue weighted by molar-refractivity contribution is -0.159. The number of carbonyl (C=O) groups is 1. The molecule has 3 heterocycles. The summed E-state index contributed by atoms with van der Waals surface area (Å²) in [5.74, 6) is -2.74. The van der Waals surface area contributed by atoms with Crippen molar-refractivity contribution in [3.63, 3.8) is 0 Å². The molecule has 36 heavy (non-hydrogen) atoms. The van der Waals surface area contributed by atoms with Crippen LogP contribution in [-0.2, 0) is 34.4 Å². The maximum atomic E-state index is 13.3. The van der Waals surface area contributed by atoms with Gasteiger partial charge in [0.05, 0.1) is 11.5 Å². The normalized spacial score (nSPS) is 16.2. The van der Waals surface area contributed by atoms with Crippen LogP contribution in [0.5, 0.6) is 0 Å². The van der Waals surface area contributed by atoms with Gasteiger partial charge in [0.2, 0.25) is 11.7 Å². The number of pyridine rings is 1. The van der Waals surface area contributed by atoms with Crippen molar-refractivity contribution in [2.24, 2.45) is 0 Å². The molecule has 1 unspecified atom stereocenters. The summed E-state index contributed by atoms with van der Waals surface area (Å²) in [5.41, 5.74) is -0.327. The standard InChI is InChI=1S/C22H18F6N4O3S/c23-21(24,25)15-3-1-2-13(10-15)17(19(33)32-6-8-36(34)9-7-32)11-16-5-4-14(12-29-16)18-30-20(35-31-18)22(26,27)28/h1-5,10,12,17H,6-9,11H2. The number of alkyl halides is 6. The number of carbonyl (C=O) groups excluding carboxylic acids is 1. The van der Waals surface area contributed by atoms with Gasteiger partial charge in [-0.05, 0) is 23.8 Å². The Kier molecular flexibility index (Phi) is 7.16. The molecule has 2 aromatic heterocycles. The third kappa shape index (κ3) is 5.91. The highest BCUT2D eigenvalue weighted by Gasteiger charge is 2.38. The zero-order chi connectivity index (χ0) is 26.1. The van der Waals surface area contributed by atoms with Crippen LogP contribution in [-0.4, -0.2) is 54.7 Å². The first-order valence-corrected chi connectivity index (χ1v) is 12.1. The molecule has 0 bridgehead atoms. The number of hydrogen-bond donors (Lipinski definition) is 0. The Morgan fingerprint density at radius 1 is 1.06 bits per heavy atom. The van der Waals surface area contributed by atoms with E-state index in [0.29, 0.717) is 5.69 Å². The van der Waals surface area contributed by atoms with Crippen LogP contribution >= 0.6 is 0 Å². The molecule has 192 valence electrons. The maximum absolute atomic E-state index is 13.3. The Balaban J connectivity index is 1.61. The predicted octanol–water partition coefficient (Wildman–Crippen LogP) is 4.09. The summed E-state index contributed by atoms with van der Waals surface area (Å²) in [4.78, 5) is 22.2. The molecular weight excluding hydrogens is 514 g/mol. The molecule has 4 rings (SSSR count).